The molecule has 0 aromatic heterocycles. The molecule has 1 aliphatic carbocycles. The summed E-state index contributed by atoms with van der Waals surface area (Å²) in [4.78, 5) is 0. The maximum absolute atomic E-state index is 5.92. The van der Waals surface area contributed by atoms with Crippen molar-refractivity contribution in [2.75, 3.05) is 11.9 Å². The molecule has 1 aliphatic rings. The van der Waals surface area contributed by atoms with Gasteiger partial charge in [0.1, 0.15) is 0 Å². The van der Waals surface area contributed by atoms with E-state index < -0.39 is 0 Å². The second kappa shape index (κ2) is 5.52. The third-order valence-electron chi connectivity index (χ3n) is 3.26. The van der Waals surface area contributed by atoms with Gasteiger partial charge in [0.15, 0.2) is 0 Å². The maximum Gasteiger partial charge on any atom is 0.0717 e. The van der Waals surface area contributed by atoms with Crippen molar-refractivity contribution in [2.45, 2.75) is 25.9 Å². The molecule has 0 unspecified atom stereocenters. The fraction of sp³-hybridized carbons (Fsp3) is 0.538. The highest BCUT2D eigenvalue weighted by Gasteiger charge is 2.35. The lowest BCUT2D eigenvalue weighted by molar-refractivity contribution is 0.00273. The smallest absolute Gasteiger partial charge is 0.0717 e. The summed E-state index contributed by atoms with van der Waals surface area (Å²) in [5, 5.41) is 1.83. The highest BCUT2D eigenvalue weighted by molar-refractivity contribution is 9.09. The molecule has 0 radical (unpaired) electrons. The van der Waals surface area contributed by atoms with Crippen LogP contribution in [0.25, 0.3) is 0 Å². The van der Waals surface area contributed by atoms with Crippen LogP contribution in [0.4, 0.5) is 0 Å². The molecular formula is C13H16BrClO. The highest BCUT2D eigenvalue weighted by Crippen LogP contribution is 2.42. The van der Waals surface area contributed by atoms with E-state index in [1.54, 1.807) is 0 Å². The van der Waals surface area contributed by atoms with Crippen molar-refractivity contribution in [1.82, 2.24) is 0 Å². The summed E-state index contributed by atoms with van der Waals surface area (Å²) in [6.07, 6.45) is 3.91. The molecule has 0 atom stereocenters. The van der Waals surface area contributed by atoms with Crippen molar-refractivity contribution in [1.29, 1.82) is 0 Å². The van der Waals surface area contributed by atoms with Gasteiger partial charge in [-0.15, -0.1) is 0 Å². The summed E-state index contributed by atoms with van der Waals surface area (Å²) >= 11 is 9.50. The Labute approximate surface area is 110 Å². The zero-order chi connectivity index (χ0) is 11.4. The molecule has 2 rings (SSSR count). The van der Waals surface area contributed by atoms with Crippen LogP contribution in [-0.2, 0) is 11.3 Å². The molecule has 16 heavy (non-hydrogen) atoms. The van der Waals surface area contributed by atoms with Gasteiger partial charge >= 0.3 is 0 Å². The fourth-order valence-electron chi connectivity index (χ4n) is 2.01. The molecule has 0 aliphatic heterocycles. The number of rotatable bonds is 5. The summed E-state index contributed by atoms with van der Waals surface area (Å²) < 4.78 is 5.78. The van der Waals surface area contributed by atoms with Crippen molar-refractivity contribution >= 4 is 27.5 Å². The number of benzene rings is 1. The minimum atomic E-state index is 0.401. The monoisotopic (exact) mass is 302 g/mol. The molecule has 0 N–H and O–H groups in total. The van der Waals surface area contributed by atoms with Crippen molar-refractivity contribution in [3.8, 4) is 0 Å². The first-order chi connectivity index (χ1) is 7.74. The van der Waals surface area contributed by atoms with Crippen LogP contribution in [0.15, 0.2) is 24.3 Å². The van der Waals surface area contributed by atoms with Crippen LogP contribution in [-0.4, -0.2) is 11.9 Å². The summed E-state index contributed by atoms with van der Waals surface area (Å²) in [7, 11) is 0. The lowest BCUT2D eigenvalue weighted by Crippen LogP contribution is -2.35. The van der Waals surface area contributed by atoms with E-state index >= 15 is 0 Å². The topological polar surface area (TPSA) is 9.23 Å². The summed E-state index contributed by atoms with van der Waals surface area (Å²) in [6, 6.07) is 7.86. The van der Waals surface area contributed by atoms with Gasteiger partial charge in [0.25, 0.3) is 0 Å². The minimum Gasteiger partial charge on any atom is -0.376 e. The second-order valence-corrected chi connectivity index (χ2v) is 5.61. The van der Waals surface area contributed by atoms with Crippen molar-refractivity contribution < 1.29 is 4.74 Å². The van der Waals surface area contributed by atoms with E-state index in [0.29, 0.717) is 12.0 Å². The zero-order valence-corrected chi connectivity index (χ0v) is 11.6. The molecule has 0 heterocycles. The third-order valence-corrected chi connectivity index (χ3v) is 4.69. The zero-order valence-electron chi connectivity index (χ0n) is 9.22. The fourth-order valence-corrected chi connectivity index (χ4v) is 2.94. The predicted molar refractivity (Wildman–Crippen MR) is 71.2 cm³/mol. The molecule has 0 spiro atoms. The number of halogens is 2. The molecule has 88 valence electrons. The second-order valence-electron chi connectivity index (χ2n) is 4.61. The number of alkyl halides is 1. The molecule has 1 saturated carbocycles. The minimum absolute atomic E-state index is 0.401. The Kier molecular flexibility index (Phi) is 4.28. The Morgan fingerprint density at radius 2 is 2.19 bits per heavy atom. The molecule has 1 nitrogen and oxygen atoms in total. The maximum atomic E-state index is 5.92. The number of ether oxygens (including phenoxy) is 1. The Morgan fingerprint density at radius 1 is 1.38 bits per heavy atom. The van der Waals surface area contributed by atoms with E-state index in [-0.39, 0.29) is 0 Å². The Bertz CT molecular complexity index is 344. The van der Waals surface area contributed by atoms with E-state index in [4.69, 9.17) is 16.3 Å². The van der Waals surface area contributed by atoms with Gasteiger partial charge in [-0.1, -0.05) is 46.1 Å². The molecule has 1 aromatic rings. The van der Waals surface area contributed by atoms with E-state index in [2.05, 4.69) is 15.9 Å². The first kappa shape index (κ1) is 12.4. The number of hydrogen-bond donors (Lipinski definition) is 0. The van der Waals surface area contributed by atoms with Crippen molar-refractivity contribution in [3.63, 3.8) is 0 Å². The molecule has 0 bridgehead atoms. The predicted octanol–water partition coefficient (Wildman–Crippen LogP) is 4.42. The lowest BCUT2D eigenvalue weighted by Gasteiger charge is -2.40. The summed E-state index contributed by atoms with van der Waals surface area (Å²) in [6.45, 7) is 1.51. The van der Waals surface area contributed by atoms with Crippen LogP contribution < -0.4 is 0 Å². The third kappa shape index (κ3) is 2.99. The average Bonchev–Trinajstić information content (AvgIpc) is 2.22. The average molecular weight is 304 g/mol. The van der Waals surface area contributed by atoms with Gasteiger partial charge in [0.05, 0.1) is 13.2 Å². The Balaban J connectivity index is 1.79. The normalized spacial score (nSPS) is 18.1. The van der Waals surface area contributed by atoms with Gasteiger partial charge in [-0.25, -0.2) is 0 Å². The quantitative estimate of drug-likeness (QED) is 0.732. The molecule has 0 amide bonds. The summed E-state index contributed by atoms with van der Waals surface area (Å²) in [5.41, 5.74) is 1.55. The van der Waals surface area contributed by atoms with Gasteiger partial charge in [0.2, 0.25) is 0 Å². The Hall–Kier alpha value is -0.0500. The van der Waals surface area contributed by atoms with Crippen LogP contribution in [0.2, 0.25) is 5.02 Å². The largest absolute Gasteiger partial charge is 0.376 e. The van der Waals surface area contributed by atoms with Gasteiger partial charge in [0, 0.05) is 15.8 Å². The molecule has 3 heteroatoms. The van der Waals surface area contributed by atoms with E-state index in [1.807, 2.05) is 24.3 Å². The standard InChI is InChI=1S/C13H16BrClO/c14-9-13(5-2-6-13)10-16-8-11-3-1-4-12(15)7-11/h1,3-4,7H,2,5-6,8-10H2. The van der Waals surface area contributed by atoms with Gasteiger partial charge in [-0.2, -0.15) is 0 Å². The first-order valence-corrected chi connectivity index (χ1v) is 7.12. The Morgan fingerprint density at radius 3 is 2.75 bits per heavy atom. The summed E-state index contributed by atoms with van der Waals surface area (Å²) in [5.74, 6) is 0. The van der Waals surface area contributed by atoms with Crippen LogP contribution in [0.1, 0.15) is 24.8 Å². The molecule has 1 aromatic carbocycles. The van der Waals surface area contributed by atoms with Crippen molar-refractivity contribution in [2.24, 2.45) is 5.41 Å². The van der Waals surface area contributed by atoms with Gasteiger partial charge in [-0.05, 0) is 30.5 Å². The lowest BCUT2D eigenvalue weighted by atomic mass is 9.71. The van der Waals surface area contributed by atoms with Crippen LogP contribution in [0, 0.1) is 5.41 Å². The number of hydrogen-bond acceptors (Lipinski definition) is 1. The molecule has 0 saturated heterocycles. The van der Waals surface area contributed by atoms with E-state index in [9.17, 15) is 0 Å². The SMILES string of the molecule is Clc1cccc(COCC2(CBr)CCC2)c1. The molecule has 1 fully saturated rings. The molecular weight excluding hydrogens is 287 g/mol. The van der Waals surface area contributed by atoms with Crippen LogP contribution in [0.3, 0.4) is 0 Å². The first-order valence-electron chi connectivity index (χ1n) is 5.62. The highest BCUT2D eigenvalue weighted by atomic mass is 79.9. The van der Waals surface area contributed by atoms with Crippen LogP contribution >= 0.6 is 27.5 Å². The van der Waals surface area contributed by atoms with Crippen molar-refractivity contribution in [3.05, 3.63) is 34.9 Å². The van der Waals surface area contributed by atoms with E-state index in [0.717, 1.165) is 22.5 Å². The van der Waals surface area contributed by atoms with E-state index in [1.165, 1.54) is 19.3 Å². The van der Waals surface area contributed by atoms with Crippen LogP contribution in [0.5, 0.6) is 0 Å². The van der Waals surface area contributed by atoms with Gasteiger partial charge < -0.3 is 4.74 Å². The van der Waals surface area contributed by atoms with Gasteiger partial charge in [-0.3, -0.25) is 0 Å².